The lowest BCUT2D eigenvalue weighted by Gasteiger charge is -2.11. The summed E-state index contributed by atoms with van der Waals surface area (Å²) in [6.45, 7) is 0.546. The van der Waals surface area contributed by atoms with Crippen LogP contribution in [0.2, 0.25) is 5.02 Å². The number of rotatable bonds is 4. The first kappa shape index (κ1) is 13.6. The number of nitrogens with one attached hydrogen (secondary N) is 1. The van der Waals surface area contributed by atoms with Crippen LogP contribution in [0.1, 0.15) is 5.56 Å². The SMILES string of the molecule is COc1ccc(Cl)cc1CNc1ncnc2ncccc12. The van der Waals surface area contributed by atoms with Crippen LogP contribution in [-0.4, -0.2) is 22.1 Å². The summed E-state index contributed by atoms with van der Waals surface area (Å²) in [6, 6.07) is 9.30. The van der Waals surface area contributed by atoms with E-state index in [1.807, 2.05) is 24.3 Å². The van der Waals surface area contributed by atoms with Gasteiger partial charge in [0.15, 0.2) is 5.65 Å². The Kier molecular flexibility index (Phi) is 3.83. The van der Waals surface area contributed by atoms with E-state index < -0.39 is 0 Å². The Morgan fingerprint density at radius 2 is 2.10 bits per heavy atom. The number of anilines is 1. The molecule has 0 aliphatic carbocycles. The molecule has 0 fully saturated rings. The molecule has 0 saturated heterocycles. The molecule has 0 radical (unpaired) electrons. The predicted molar refractivity (Wildman–Crippen MR) is 82.7 cm³/mol. The van der Waals surface area contributed by atoms with Gasteiger partial charge in [-0.2, -0.15) is 0 Å². The van der Waals surface area contributed by atoms with Crippen molar-refractivity contribution in [3.05, 3.63) is 53.4 Å². The van der Waals surface area contributed by atoms with Crippen molar-refractivity contribution in [2.45, 2.75) is 6.54 Å². The summed E-state index contributed by atoms with van der Waals surface area (Å²) >= 11 is 6.03. The lowest BCUT2D eigenvalue weighted by molar-refractivity contribution is 0.410. The number of aromatic nitrogens is 3. The first-order valence-corrected chi connectivity index (χ1v) is 6.78. The van der Waals surface area contributed by atoms with Gasteiger partial charge in [-0.1, -0.05) is 11.6 Å². The number of methoxy groups -OCH3 is 1. The van der Waals surface area contributed by atoms with Crippen molar-refractivity contribution < 1.29 is 4.74 Å². The second-order valence-corrected chi connectivity index (χ2v) is 4.84. The molecule has 6 heteroatoms. The molecule has 1 N–H and O–H groups in total. The van der Waals surface area contributed by atoms with Crippen LogP contribution in [0.4, 0.5) is 5.82 Å². The highest BCUT2D eigenvalue weighted by Crippen LogP contribution is 2.24. The molecule has 0 bridgehead atoms. The number of benzene rings is 1. The highest BCUT2D eigenvalue weighted by atomic mass is 35.5. The highest BCUT2D eigenvalue weighted by Gasteiger charge is 2.07. The van der Waals surface area contributed by atoms with Gasteiger partial charge < -0.3 is 10.1 Å². The number of halogens is 1. The Morgan fingerprint density at radius 1 is 1.19 bits per heavy atom. The second-order valence-electron chi connectivity index (χ2n) is 4.41. The summed E-state index contributed by atoms with van der Waals surface area (Å²) in [5, 5.41) is 4.82. The van der Waals surface area contributed by atoms with Crippen LogP contribution >= 0.6 is 11.6 Å². The van der Waals surface area contributed by atoms with E-state index in [1.54, 1.807) is 19.4 Å². The van der Waals surface area contributed by atoms with Crippen molar-refractivity contribution in [2.75, 3.05) is 12.4 Å². The van der Waals surface area contributed by atoms with Crippen molar-refractivity contribution in [3.63, 3.8) is 0 Å². The maximum atomic E-state index is 6.03. The van der Waals surface area contributed by atoms with E-state index >= 15 is 0 Å². The standard InChI is InChI=1S/C15H13ClN4O/c1-21-13-5-4-11(16)7-10(13)8-18-15-12-3-2-6-17-14(12)19-9-20-15/h2-7,9H,8H2,1H3,(H,17,18,19,20). The van der Waals surface area contributed by atoms with E-state index in [-0.39, 0.29) is 0 Å². The summed E-state index contributed by atoms with van der Waals surface area (Å²) in [6.07, 6.45) is 3.20. The fourth-order valence-electron chi connectivity index (χ4n) is 2.10. The predicted octanol–water partition coefficient (Wildman–Crippen LogP) is 3.30. The Morgan fingerprint density at radius 3 is 2.95 bits per heavy atom. The third-order valence-electron chi connectivity index (χ3n) is 3.10. The number of pyridine rings is 1. The zero-order valence-corrected chi connectivity index (χ0v) is 12.1. The summed E-state index contributed by atoms with van der Waals surface area (Å²) in [5.74, 6) is 1.51. The Balaban J connectivity index is 1.89. The first-order chi connectivity index (χ1) is 10.3. The maximum absolute atomic E-state index is 6.03. The van der Waals surface area contributed by atoms with Crippen LogP contribution in [0.25, 0.3) is 11.0 Å². The fraction of sp³-hybridized carbons (Fsp3) is 0.133. The molecule has 3 aromatic rings. The Labute approximate surface area is 127 Å². The summed E-state index contributed by atoms with van der Waals surface area (Å²) in [7, 11) is 1.64. The number of hydrogen-bond acceptors (Lipinski definition) is 5. The van der Waals surface area contributed by atoms with Crippen molar-refractivity contribution >= 4 is 28.5 Å². The molecule has 21 heavy (non-hydrogen) atoms. The van der Waals surface area contributed by atoms with E-state index in [4.69, 9.17) is 16.3 Å². The minimum Gasteiger partial charge on any atom is -0.496 e. The minimum atomic E-state index is 0.546. The quantitative estimate of drug-likeness (QED) is 0.801. The van der Waals surface area contributed by atoms with E-state index in [9.17, 15) is 0 Å². The highest BCUT2D eigenvalue weighted by molar-refractivity contribution is 6.30. The van der Waals surface area contributed by atoms with Crippen LogP contribution < -0.4 is 10.1 Å². The van der Waals surface area contributed by atoms with Crippen LogP contribution in [0, 0.1) is 0 Å². The third kappa shape index (κ3) is 2.87. The topological polar surface area (TPSA) is 59.9 Å². The van der Waals surface area contributed by atoms with Crippen molar-refractivity contribution in [1.29, 1.82) is 0 Å². The molecule has 0 saturated carbocycles. The van der Waals surface area contributed by atoms with E-state index in [2.05, 4.69) is 20.3 Å². The minimum absolute atomic E-state index is 0.546. The average Bonchev–Trinajstić information content (AvgIpc) is 2.53. The largest absolute Gasteiger partial charge is 0.496 e. The van der Waals surface area contributed by atoms with Crippen LogP contribution in [0.3, 0.4) is 0 Å². The normalized spacial score (nSPS) is 10.6. The molecule has 3 rings (SSSR count). The van der Waals surface area contributed by atoms with E-state index in [1.165, 1.54) is 6.33 Å². The Hall–Kier alpha value is -2.40. The van der Waals surface area contributed by atoms with Gasteiger partial charge >= 0.3 is 0 Å². The number of hydrogen-bond donors (Lipinski definition) is 1. The first-order valence-electron chi connectivity index (χ1n) is 6.40. The van der Waals surface area contributed by atoms with Gasteiger partial charge in [-0.25, -0.2) is 15.0 Å². The second kappa shape index (κ2) is 5.93. The maximum Gasteiger partial charge on any atom is 0.164 e. The van der Waals surface area contributed by atoms with Gasteiger partial charge in [0.2, 0.25) is 0 Å². The van der Waals surface area contributed by atoms with Gasteiger partial charge in [0, 0.05) is 23.3 Å². The monoisotopic (exact) mass is 300 g/mol. The molecule has 0 atom stereocenters. The van der Waals surface area contributed by atoms with Gasteiger partial charge in [0.1, 0.15) is 17.9 Å². The zero-order valence-electron chi connectivity index (χ0n) is 11.4. The molecule has 0 spiro atoms. The molecule has 0 amide bonds. The molecule has 0 unspecified atom stereocenters. The number of fused-ring (bicyclic) bond motifs is 1. The van der Waals surface area contributed by atoms with Crippen molar-refractivity contribution in [3.8, 4) is 5.75 Å². The van der Waals surface area contributed by atoms with Crippen molar-refractivity contribution in [1.82, 2.24) is 15.0 Å². The molecule has 2 aromatic heterocycles. The van der Waals surface area contributed by atoms with Gasteiger partial charge in [-0.3, -0.25) is 0 Å². The molecular weight excluding hydrogens is 288 g/mol. The summed E-state index contributed by atoms with van der Waals surface area (Å²) in [5.41, 5.74) is 1.62. The van der Waals surface area contributed by atoms with Gasteiger partial charge in [-0.15, -0.1) is 0 Å². The fourth-order valence-corrected chi connectivity index (χ4v) is 2.30. The molecular formula is C15H13ClN4O. The van der Waals surface area contributed by atoms with E-state index in [0.717, 1.165) is 22.5 Å². The van der Waals surface area contributed by atoms with Crippen LogP contribution in [-0.2, 0) is 6.54 Å². The molecule has 0 aliphatic heterocycles. The smallest absolute Gasteiger partial charge is 0.164 e. The molecule has 5 nitrogen and oxygen atoms in total. The van der Waals surface area contributed by atoms with Crippen LogP contribution in [0.5, 0.6) is 5.75 Å². The number of ether oxygens (including phenoxy) is 1. The molecule has 106 valence electrons. The van der Waals surface area contributed by atoms with Crippen LogP contribution in [0.15, 0.2) is 42.9 Å². The van der Waals surface area contributed by atoms with E-state index in [0.29, 0.717) is 17.2 Å². The molecule has 1 aromatic carbocycles. The molecule has 2 heterocycles. The third-order valence-corrected chi connectivity index (χ3v) is 3.33. The Bertz CT molecular complexity index is 773. The van der Waals surface area contributed by atoms with Crippen molar-refractivity contribution in [2.24, 2.45) is 0 Å². The van der Waals surface area contributed by atoms with Gasteiger partial charge in [0.25, 0.3) is 0 Å². The average molecular weight is 301 g/mol. The lowest BCUT2D eigenvalue weighted by Crippen LogP contribution is -2.04. The summed E-state index contributed by atoms with van der Waals surface area (Å²) in [4.78, 5) is 12.6. The van der Waals surface area contributed by atoms with Gasteiger partial charge in [0.05, 0.1) is 12.5 Å². The zero-order chi connectivity index (χ0) is 14.7. The summed E-state index contributed by atoms with van der Waals surface area (Å²) < 4.78 is 5.33. The lowest BCUT2D eigenvalue weighted by atomic mass is 10.2. The number of nitrogens with zero attached hydrogens (tertiary/aromatic N) is 3. The molecule has 0 aliphatic rings. The van der Waals surface area contributed by atoms with Gasteiger partial charge in [-0.05, 0) is 30.3 Å².